The molecular weight excluding hydrogens is 256 g/mol. The van der Waals surface area contributed by atoms with Crippen molar-refractivity contribution < 1.29 is 14.4 Å². The van der Waals surface area contributed by atoms with Crippen LogP contribution in [0.15, 0.2) is 30.3 Å². The third-order valence-electron chi connectivity index (χ3n) is 4.03. The highest BCUT2D eigenvalue weighted by Gasteiger charge is 2.41. The zero-order valence-corrected chi connectivity index (χ0v) is 11.9. The van der Waals surface area contributed by atoms with Gasteiger partial charge >= 0.3 is 5.97 Å². The van der Waals surface area contributed by atoms with Gasteiger partial charge in [-0.2, -0.15) is 5.06 Å². The molecule has 2 heterocycles. The highest BCUT2D eigenvalue weighted by Crippen LogP contribution is 2.36. The Morgan fingerprint density at radius 1 is 1.35 bits per heavy atom. The molecular formula is C15H18N2O3. The van der Waals surface area contributed by atoms with Gasteiger partial charge in [0.25, 0.3) is 0 Å². The Hall–Kier alpha value is -1.85. The summed E-state index contributed by atoms with van der Waals surface area (Å²) in [4.78, 5) is 17.5. The van der Waals surface area contributed by atoms with Crippen LogP contribution in [0.4, 0.5) is 0 Å². The Balaban J connectivity index is 2.08. The number of esters is 1. The van der Waals surface area contributed by atoms with Gasteiger partial charge in [-0.15, -0.1) is 0 Å². The molecule has 0 saturated carbocycles. The lowest BCUT2D eigenvalue weighted by Crippen LogP contribution is -2.28. The van der Waals surface area contributed by atoms with Crippen molar-refractivity contribution in [1.29, 1.82) is 0 Å². The normalized spacial score (nSPS) is 23.4. The molecule has 1 fully saturated rings. The highest BCUT2D eigenvalue weighted by atomic mass is 16.7. The SMILES string of the molecule is COC(=O)[C@H]1CON(C)[C@@H]1c1cc2ccccc2n1C. The van der Waals surface area contributed by atoms with Crippen LogP contribution in [0.1, 0.15) is 11.7 Å². The Labute approximate surface area is 117 Å². The van der Waals surface area contributed by atoms with E-state index in [-0.39, 0.29) is 17.9 Å². The summed E-state index contributed by atoms with van der Waals surface area (Å²) in [6, 6.07) is 10.2. The molecule has 20 heavy (non-hydrogen) atoms. The van der Waals surface area contributed by atoms with E-state index in [9.17, 15) is 4.79 Å². The van der Waals surface area contributed by atoms with Crippen LogP contribution in [0.2, 0.25) is 0 Å². The van der Waals surface area contributed by atoms with E-state index in [1.165, 1.54) is 7.11 Å². The van der Waals surface area contributed by atoms with Crippen molar-refractivity contribution in [2.24, 2.45) is 13.0 Å². The topological polar surface area (TPSA) is 43.7 Å². The zero-order chi connectivity index (χ0) is 14.3. The number of carbonyl (C=O) groups is 1. The Morgan fingerprint density at radius 2 is 2.10 bits per heavy atom. The van der Waals surface area contributed by atoms with E-state index in [4.69, 9.17) is 9.57 Å². The van der Waals surface area contributed by atoms with Crippen molar-refractivity contribution in [3.8, 4) is 0 Å². The Morgan fingerprint density at radius 3 is 2.80 bits per heavy atom. The van der Waals surface area contributed by atoms with Crippen molar-refractivity contribution in [3.05, 3.63) is 36.0 Å². The van der Waals surface area contributed by atoms with Gasteiger partial charge in [-0.3, -0.25) is 9.63 Å². The second-order valence-corrected chi connectivity index (χ2v) is 5.10. The standard InChI is InChI=1S/C15H18N2O3/c1-16-12-7-5-4-6-10(12)8-13(16)14-11(15(18)19-3)9-20-17(14)2/h4-8,11,14H,9H2,1-3H3/t11-,14-/m0/s1. The average molecular weight is 274 g/mol. The number of ether oxygens (including phenoxy) is 1. The van der Waals surface area contributed by atoms with Crippen molar-refractivity contribution in [3.63, 3.8) is 0 Å². The van der Waals surface area contributed by atoms with Gasteiger partial charge in [-0.1, -0.05) is 18.2 Å². The fraction of sp³-hybridized carbons (Fsp3) is 0.400. The number of rotatable bonds is 2. The largest absolute Gasteiger partial charge is 0.469 e. The first-order chi connectivity index (χ1) is 9.63. The molecule has 2 atom stereocenters. The van der Waals surface area contributed by atoms with Gasteiger partial charge in [-0.05, 0) is 17.5 Å². The third kappa shape index (κ3) is 1.90. The third-order valence-corrected chi connectivity index (χ3v) is 4.03. The molecule has 1 saturated heterocycles. The fourth-order valence-corrected chi connectivity index (χ4v) is 2.96. The predicted molar refractivity (Wildman–Crippen MR) is 74.9 cm³/mol. The maximum Gasteiger partial charge on any atom is 0.313 e. The van der Waals surface area contributed by atoms with Gasteiger partial charge in [0.15, 0.2) is 0 Å². The molecule has 0 spiro atoms. The summed E-state index contributed by atoms with van der Waals surface area (Å²) < 4.78 is 7.01. The van der Waals surface area contributed by atoms with Gasteiger partial charge in [0.05, 0.1) is 19.8 Å². The highest BCUT2D eigenvalue weighted by molar-refractivity contribution is 5.82. The first-order valence-corrected chi connectivity index (χ1v) is 6.61. The van der Waals surface area contributed by atoms with E-state index >= 15 is 0 Å². The number of fused-ring (bicyclic) bond motifs is 1. The zero-order valence-electron chi connectivity index (χ0n) is 11.9. The second-order valence-electron chi connectivity index (χ2n) is 5.10. The molecule has 0 N–H and O–H groups in total. The maximum atomic E-state index is 11.9. The van der Waals surface area contributed by atoms with E-state index in [0.29, 0.717) is 6.61 Å². The maximum absolute atomic E-state index is 11.9. The summed E-state index contributed by atoms with van der Waals surface area (Å²) >= 11 is 0. The quantitative estimate of drug-likeness (QED) is 0.784. The number of hydrogen-bond acceptors (Lipinski definition) is 4. The minimum absolute atomic E-state index is 0.125. The molecule has 1 aromatic heterocycles. The molecule has 2 aromatic rings. The van der Waals surface area contributed by atoms with E-state index in [0.717, 1.165) is 16.6 Å². The van der Waals surface area contributed by atoms with Crippen molar-refractivity contribution in [2.45, 2.75) is 6.04 Å². The number of aromatic nitrogens is 1. The van der Waals surface area contributed by atoms with E-state index in [2.05, 4.69) is 22.8 Å². The molecule has 5 heteroatoms. The number of nitrogens with zero attached hydrogens (tertiary/aromatic N) is 2. The summed E-state index contributed by atoms with van der Waals surface area (Å²) in [7, 11) is 5.28. The first kappa shape index (κ1) is 13.1. The lowest BCUT2D eigenvalue weighted by atomic mass is 9.98. The number of aryl methyl sites for hydroxylation is 1. The van der Waals surface area contributed by atoms with Gasteiger partial charge in [-0.25, -0.2) is 0 Å². The minimum Gasteiger partial charge on any atom is -0.469 e. The predicted octanol–water partition coefficient (Wildman–Crippen LogP) is 1.89. The molecule has 0 bridgehead atoms. The van der Waals surface area contributed by atoms with Crippen molar-refractivity contribution in [1.82, 2.24) is 9.63 Å². The van der Waals surface area contributed by atoms with Gasteiger partial charge < -0.3 is 9.30 Å². The van der Waals surface area contributed by atoms with Crippen molar-refractivity contribution >= 4 is 16.9 Å². The number of carbonyl (C=O) groups excluding carboxylic acids is 1. The van der Waals surface area contributed by atoms with Gasteiger partial charge in [0.2, 0.25) is 0 Å². The second kappa shape index (κ2) is 4.92. The average Bonchev–Trinajstić information content (AvgIpc) is 2.99. The van der Waals surface area contributed by atoms with Gasteiger partial charge in [0.1, 0.15) is 5.92 Å². The lowest BCUT2D eigenvalue weighted by Gasteiger charge is -2.22. The number of hydroxylamine groups is 2. The van der Waals surface area contributed by atoms with E-state index < -0.39 is 0 Å². The molecule has 1 aliphatic rings. The van der Waals surface area contributed by atoms with Crippen LogP contribution < -0.4 is 0 Å². The number of benzene rings is 1. The van der Waals surface area contributed by atoms with E-state index in [1.807, 2.05) is 26.2 Å². The van der Waals surface area contributed by atoms with Crippen LogP contribution in [-0.2, 0) is 21.4 Å². The first-order valence-electron chi connectivity index (χ1n) is 6.61. The number of para-hydroxylation sites is 1. The molecule has 0 amide bonds. The molecule has 106 valence electrons. The molecule has 0 unspecified atom stereocenters. The number of methoxy groups -OCH3 is 1. The molecule has 5 nitrogen and oxygen atoms in total. The monoisotopic (exact) mass is 274 g/mol. The van der Waals surface area contributed by atoms with Crippen molar-refractivity contribution in [2.75, 3.05) is 20.8 Å². The summed E-state index contributed by atoms with van der Waals surface area (Å²) in [6.45, 7) is 0.357. The van der Waals surface area contributed by atoms with Crippen LogP contribution in [-0.4, -0.2) is 36.4 Å². The summed E-state index contributed by atoms with van der Waals surface area (Å²) in [5, 5.41) is 2.91. The van der Waals surface area contributed by atoms with Crippen LogP contribution >= 0.6 is 0 Å². The summed E-state index contributed by atoms with van der Waals surface area (Å²) in [5.41, 5.74) is 2.20. The molecule has 3 rings (SSSR count). The smallest absolute Gasteiger partial charge is 0.313 e. The molecule has 0 aliphatic carbocycles. The summed E-state index contributed by atoms with van der Waals surface area (Å²) in [5.74, 6) is -0.530. The van der Waals surface area contributed by atoms with Crippen LogP contribution in [0.5, 0.6) is 0 Å². The van der Waals surface area contributed by atoms with Gasteiger partial charge in [0, 0.05) is 25.3 Å². The Bertz CT molecular complexity index is 650. The van der Waals surface area contributed by atoms with E-state index in [1.54, 1.807) is 5.06 Å². The number of hydrogen-bond donors (Lipinski definition) is 0. The molecule has 0 radical (unpaired) electrons. The summed E-state index contributed by atoms with van der Waals surface area (Å²) in [6.07, 6.45) is 0. The minimum atomic E-state index is -0.298. The molecule has 1 aliphatic heterocycles. The van der Waals surface area contributed by atoms with Crippen LogP contribution in [0.3, 0.4) is 0 Å². The molecule has 1 aromatic carbocycles. The lowest BCUT2D eigenvalue weighted by molar-refractivity contribution is -0.145. The Kier molecular flexibility index (Phi) is 3.23. The fourth-order valence-electron chi connectivity index (χ4n) is 2.96. The van der Waals surface area contributed by atoms with Crippen LogP contribution in [0, 0.1) is 5.92 Å². The van der Waals surface area contributed by atoms with Crippen LogP contribution in [0.25, 0.3) is 10.9 Å².